The van der Waals surface area contributed by atoms with Crippen LogP contribution in [0.5, 0.6) is 17.2 Å². The first-order chi connectivity index (χ1) is 13.6. The Morgan fingerprint density at radius 3 is 2.43 bits per heavy atom. The predicted molar refractivity (Wildman–Crippen MR) is 112 cm³/mol. The van der Waals surface area contributed by atoms with Crippen molar-refractivity contribution in [2.45, 2.75) is 44.1 Å². The van der Waals surface area contributed by atoms with Crippen molar-refractivity contribution in [1.82, 2.24) is 0 Å². The number of hydrogen-bond acceptors (Lipinski definition) is 5. The van der Waals surface area contributed by atoms with Crippen LogP contribution in [0.1, 0.15) is 42.7 Å². The molecule has 3 N–H and O–H groups in total. The van der Waals surface area contributed by atoms with Gasteiger partial charge in [0.2, 0.25) is 0 Å². The maximum absolute atomic E-state index is 9.01. The smallest absolute Gasteiger partial charge is 0.161 e. The molecule has 5 heteroatoms. The molecular weight excluding hydrogens is 354 g/mol. The minimum Gasteiger partial charge on any atom is -0.497 e. The summed E-state index contributed by atoms with van der Waals surface area (Å²) in [7, 11) is 5.02. The molecule has 152 valence electrons. The molecule has 0 heterocycles. The lowest BCUT2D eigenvalue weighted by atomic mass is 9.75. The lowest BCUT2D eigenvalue weighted by Crippen LogP contribution is -2.25. The average molecular weight is 386 g/mol. The number of benzene rings is 2. The molecule has 1 aliphatic rings. The summed E-state index contributed by atoms with van der Waals surface area (Å²) in [6.45, 7) is 0.227. The van der Waals surface area contributed by atoms with Crippen LogP contribution in [-0.2, 0) is 6.42 Å². The molecule has 0 bridgehead atoms. The summed E-state index contributed by atoms with van der Waals surface area (Å²) in [5.41, 5.74) is 11.3. The van der Waals surface area contributed by atoms with E-state index < -0.39 is 0 Å². The molecule has 0 aromatic heterocycles. The molecule has 2 atom stereocenters. The van der Waals surface area contributed by atoms with Gasteiger partial charge in [0, 0.05) is 12.6 Å². The van der Waals surface area contributed by atoms with Gasteiger partial charge in [0.05, 0.1) is 21.3 Å². The molecule has 2 aromatic rings. The van der Waals surface area contributed by atoms with Gasteiger partial charge in [-0.15, -0.1) is 0 Å². The van der Waals surface area contributed by atoms with Gasteiger partial charge in [-0.3, -0.25) is 0 Å². The lowest BCUT2D eigenvalue weighted by Gasteiger charge is -2.31. The molecule has 1 unspecified atom stereocenters. The first-order valence-electron chi connectivity index (χ1n) is 9.90. The van der Waals surface area contributed by atoms with Crippen molar-refractivity contribution in [3.8, 4) is 28.4 Å². The molecule has 0 radical (unpaired) electrons. The molecule has 2 aromatic carbocycles. The van der Waals surface area contributed by atoms with E-state index in [0.29, 0.717) is 5.92 Å². The van der Waals surface area contributed by atoms with Crippen molar-refractivity contribution in [3.63, 3.8) is 0 Å². The van der Waals surface area contributed by atoms with Gasteiger partial charge < -0.3 is 25.1 Å². The van der Waals surface area contributed by atoms with Gasteiger partial charge in [0.25, 0.3) is 0 Å². The minimum absolute atomic E-state index is 0.109. The Morgan fingerprint density at radius 1 is 1.00 bits per heavy atom. The normalized spacial score (nSPS) is 16.1. The third-order valence-electron chi connectivity index (χ3n) is 5.64. The van der Waals surface area contributed by atoms with Crippen molar-refractivity contribution in [2.75, 3.05) is 27.9 Å². The van der Waals surface area contributed by atoms with Crippen molar-refractivity contribution < 1.29 is 19.3 Å². The van der Waals surface area contributed by atoms with Crippen LogP contribution < -0.4 is 19.9 Å². The Labute approximate surface area is 167 Å². The molecule has 0 spiro atoms. The highest BCUT2D eigenvalue weighted by molar-refractivity contribution is 5.78. The predicted octanol–water partition coefficient (Wildman–Crippen LogP) is 3.90. The fourth-order valence-corrected chi connectivity index (χ4v) is 4.16. The molecule has 0 saturated carbocycles. The average Bonchev–Trinajstić information content (AvgIpc) is 2.72. The first kappa shape index (κ1) is 20.5. The van der Waals surface area contributed by atoms with E-state index >= 15 is 0 Å². The van der Waals surface area contributed by atoms with Gasteiger partial charge >= 0.3 is 0 Å². The molecule has 0 amide bonds. The molecular formula is C23H31NO4. The van der Waals surface area contributed by atoms with E-state index in [9.17, 15) is 0 Å². The molecule has 3 rings (SSSR count). The van der Waals surface area contributed by atoms with E-state index in [1.165, 1.54) is 16.7 Å². The van der Waals surface area contributed by atoms with Gasteiger partial charge in [0.1, 0.15) is 5.75 Å². The first-order valence-corrected chi connectivity index (χ1v) is 9.90. The number of methoxy groups -OCH3 is 3. The Bertz CT molecular complexity index is 805. The summed E-state index contributed by atoms with van der Waals surface area (Å²) in [5.74, 6) is 2.63. The molecule has 28 heavy (non-hydrogen) atoms. The highest BCUT2D eigenvalue weighted by Crippen LogP contribution is 2.47. The van der Waals surface area contributed by atoms with E-state index in [4.69, 9.17) is 25.1 Å². The largest absolute Gasteiger partial charge is 0.497 e. The Balaban J connectivity index is 1.99. The van der Waals surface area contributed by atoms with Crippen LogP contribution in [0.3, 0.4) is 0 Å². The van der Waals surface area contributed by atoms with Crippen molar-refractivity contribution in [3.05, 3.63) is 41.5 Å². The molecule has 1 aliphatic carbocycles. The number of rotatable bonds is 9. The van der Waals surface area contributed by atoms with Crippen LogP contribution in [0.4, 0.5) is 0 Å². The number of ether oxygens (including phenoxy) is 3. The highest BCUT2D eigenvalue weighted by Gasteiger charge is 2.28. The second-order valence-corrected chi connectivity index (χ2v) is 7.43. The number of nitrogens with two attached hydrogens (primary N) is 1. The summed E-state index contributed by atoms with van der Waals surface area (Å²) >= 11 is 0. The maximum Gasteiger partial charge on any atom is 0.161 e. The van der Waals surface area contributed by atoms with E-state index in [1.54, 1.807) is 21.3 Å². The quantitative estimate of drug-likeness (QED) is 0.641. The summed E-state index contributed by atoms with van der Waals surface area (Å²) in [4.78, 5) is 0. The summed E-state index contributed by atoms with van der Waals surface area (Å²) < 4.78 is 16.6. The summed E-state index contributed by atoms with van der Waals surface area (Å²) in [5, 5.41) is 9.01. The fraction of sp³-hybridized carbons (Fsp3) is 0.478. The Hall–Kier alpha value is -2.24. The maximum atomic E-state index is 9.01. The van der Waals surface area contributed by atoms with Crippen molar-refractivity contribution >= 4 is 0 Å². The van der Waals surface area contributed by atoms with Gasteiger partial charge in [0.15, 0.2) is 11.5 Å². The Kier molecular flexibility index (Phi) is 6.81. The standard InChI is InChI=1S/C23H31NO4/c1-26-18-8-7-15-10-16(11-17(24)6-4-5-9-25)20-13-22(27-2)23(28-3)14-21(20)19(15)12-18/h7-8,12-14,16-17,25H,4-6,9-11,24H2,1-3H3/t16?,17-/m1/s1. The zero-order valence-electron chi connectivity index (χ0n) is 17.0. The zero-order valence-corrected chi connectivity index (χ0v) is 17.0. The van der Waals surface area contributed by atoms with Crippen LogP contribution in [0, 0.1) is 0 Å². The Morgan fingerprint density at radius 2 is 1.75 bits per heavy atom. The number of hydrogen-bond donors (Lipinski definition) is 2. The third kappa shape index (κ3) is 4.26. The summed E-state index contributed by atoms with van der Waals surface area (Å²) in [6.07, 6.45) is 4.53. The van der Waals surface area contributed by atoms with Gasteiger partial charge in [-0.25, -0.2) is 0 Å². The van der Waals surface area contributed by atoms with E-state index in [-0.39, 0.29) is 12.6 Å². The second-order valence-electron chi connectivity index (χ2n) is 7.43. The molecule has 0 saturated heterocycles. The van der Waals surface area contributed by atoms with Crippen LogP contribution in [-0.4, -0.2) is 39.1 Å². The summed E-state index contributed by atoms with van der Waals surface area (Å²) in [6, 6.07) is 10.5. The van der Waals surface area contributed by atoms with Crippen LogP contribution in [0.2, 0.25) is 0 Å². The molecule has 0 aliphatic heterocycles. The SMILES string of the molecule is COc1ccc2c(c1)-c1cc(OC)c(OC)cc1C(C[C@H](N)CCCCO)C2. The van der Waals surface area contributed by atoms with Crippen molar-refractivity contribution in [1.29, 1.82) is 0 Å². The zero-order chi connectivity index (χ0) is 20.1. The molecule has 5 nitrogen and oxygen atoms in total. The monoisotopic (exact) mass is 385 g/mol. The number of fused-ring (bicyclic) bond motifs is 3. The highest BCUT2D eigenvalue weighted by atomic mass is 16.5. The van der Waals surface area contributed by atoms with E-state index in [2.05, 4.69) is 24.3 Å². The second kappa shape index (κ2) is 9.30. The van der Waals surface area contributed by atoms with Gasteiger partial charge in [-0.2, -0.15) is 0 Å². The molecule has 0 fully saturated rings. The number of aliphatic hydroxyl groups is 1. The van der Waals surface area contributed by atoms with Crippen LogP contribution in [0.15, 0.2) is 30.3 Å². The van der Waals surface area contributed by atoms with Gasteiger partial charge in [-0.05, 0) is 84.5 Å². The van der Waals surface area contributed by atoms with Crippen LogP contribution in [0.25, 0.3) is 11.1 Å². The third-order valence-corrected chi connectivity index (χ3v) is 5.64. The fourth-order valence-electron chi connectivity index (χ4n) is 4.16. The van der Waals surface area contributed by atoms with E-state index in [1.807, 2.05) is 6.07 Å². The topological polar surface area (TPSA) is 73.9 Å². The lowest BCUT2D eigenvalue weighted by molar-refractivity contribution is 0.280. The van der Waals surface area contributed by atoms with Gasteiger partial charge in [-0.1, -0.05) is 6.07 Å². The van der Waals surface area contributed by atoms with E-state index in [0.717, 1.165) is 54.9 Å². The minimum atomic E-state index is 0.109. The number of unbranched alkanes of at least 4 members (excludes halogenated alkanes) is 1. The number of aliphatic hydroxyl groups excluding tert-OH is 1. The van der Waals surface area contributed by atoms with Crippen molar-refractivity contribution in [2.24, 2.45) is 5.73 Å². The van der Waals surface area contributed by atoms with Crippen LogP contribution >= 0.6 is 0 Å².